The maximum Gasteiger partial charge on any atom is 0.513 e. The molecule has 0 atom stereocenters. The molecule has 4 heteroatoms. The number of ether oxygens (including phenoxy) is 2. The Hall–Kier alpha value is -2.23. The number of para-hydroxylation sites is 2. The van der Waals surface area contributed by atoms with Crippen LogP contribution in [0.15, 0.2) is 48.8 Å². The van der Waals surface area contributed by atoms with Gasteiger partial charge in [-0.3, -0.25) is 0 Å². The van der Waals surface area contributed by atoms with E-state index in [1.54, 1.807) is 13.0 Å². The Bertz CT molecular complexity index is 491. The van der Waals surface area contributed by atoms with E-state index in [1.165, 1.54) is 0 Å². The minimum atomic E-state index is -0.688. The lowest BCUT2D eigenvalue weighted by Gasteiger charge is -2.10. The number of hydrogen-bond donors (Lipinski definition) is 0. The minimum absolute atomic E-state index is 0.296. The second-order valence-corrected chi connectivity index (χ2v) is 3.34. The topological polar surface area (TPSA) is 40.5 Å². The molecular weight excluding hydrogens is 218 g/mol. The van der Waals surface area contributed by atoms with Crippen molar-refractivity contribution >= 4 is 6.16 Å². The zero-order valence-corrected chi connectivity index (χ0v) is 9.50. The summed E-state index contributed by atoms with van der Waals surface area (Å²) >= 11 is 0. The molecule has 17 heavy (non-hydrogen) atoms. The summed E-state index contributed by atoms with van der Waals surface area (Å²) in [4.78, 5) is 11.3. The molecular formula is C13H13NO3. The monoisotopic (exact) mass is 231 g/mol. The van der Waals surface area contributed by atoms with E-state index in [-0.39, 0.29) is 0 Å². The van der Waals surface area contributed by atoms with E-state index in [2.05, 4.69) is 0 Å². The van der Waals surface area contributed by atoms with Crippen molar-refractivity contribution in [3.63, 3.8) is 0 Å². The van der Waals surface area contributed by atoms with Crippen molar-refractivity contribution in [3.8, 4) is 11.4 Å². The number of carbonyl (C=O) groups excluding carboxylic acids is 1. The molecule has 88 valence electrons. The molecule has 0 unspecified atom stereocenters. The predicted molar refractivity (Wildman–Crippen MR) is 63.4 cm³/mol. The number of nitrogens with zero attached hydrogens (tertiary/aromatic N) is 1. The largest absolute Gasteiger partial charge is 0.513 e. The van der Waals surface area contributed by atoms with Crippen molar-refractivity contribution in [2.45, 2.75) is 6.92 Å². The zero-order valence-electron chi connectivity index (χ0n) is 9.50. The predicted octanol–water partition coefficient (Wildman–Crippen LogP) is 3.01. The van der Waals surface area contributed by atoms with Gasteiger partial charge in [-0.2, -0.15) is 0 Å². The summed E-state index contributed by atoms with van der Waals surface area (Å²) in [5, 5.41) is 0. The molecule has 0 saturated carbocycles. The highest BCUT2D eigenvalue weighted by Crippen LogP contribution is 2.22. The Kier molecular flexibility index (Phi) is 3.45. The molecule has 1 aromatic carbocycles. The SMILES string of the molecule is CCOC(=O)Oc1ccccc1-n1cccc1. The summed E-state index contributed by atoms with van der Waals surface area (Å²) in [6, 6.07) is 11.1. The molecule has 2 rings (SSSR count). The first-order valence-electron chi connectivity index (χ1n) is 5.38. The second kappa shape index (κ2) is 5.21. The van der Waals surface area contributed by atoms with Gasteiger partial charge in [0.25, 0.3) is 0 Å². The Morgan fingerprint density at radius 2 is 1.88 bits per heavy atom. The number of benzene rings is 1. The van der Waals surface area contributed by atoms with Crippen molar-refractivity contribution in [3.05, 3.63) is 48.8 Å². The van der Waals surface area contributed by atoms with E-state index < -0.39 is 6.16 Å². The van der Waals surface area contributed by atoms with E-state index in [4.69, 9.17) is 9.47 Å². The van der Waals surface area contributed by atoms with Gasteiger partial charge >= 0.3 is 6.16 Å². The third-order valence-electron chi connectivity index (χ3n) is 2.20. The first kappa shape index (κ1) is 11.3. The summed E-state index contributed by atoms with van der Waals surface area (Å²) in [7, 11) is 0. The normalized spacial score (nSPS) is 9.94. The molecule has 0 bridgehead atoms. The fourth-order valence-corrected chi connectivity index (χ4v) is 1.49. The Balaban J connectivity index is 2.25. The molecule has 0 spiro atoms. The number of aromatic nitrogens is 1. The van der Waals surface area contributed by atoms with Crippen LogP contribution in [0, 0.1) is 0 Å². The highest BCUT2D eigenvalue weighted by molar-refractivity contribution is 5.66. The van der Waals surface area contributed by atoms with Crippen LogP contribution in [-0.4, -0.2) is 17.3 Å². The number of carbonyl (C=O) groups is 1. The van der Waals surface area contributed by atoms with Gasteiger partial charge in [-0.05, 0) is 31.2 Å². The molecule has 0 aliphatic rings. The first-order valence-corrected chi connectivity index (χ1v) is 5.38. The maximum atomic E-state index is 11.3. The lowest BCUT2D eigenvalue weighted by molar-refractivity contribution is 0.104. The highest BCUT2D eigenvalue weighted by atomic mass is 16.7. The third-order valence-corrected chi connectivity index (χ3v) is 2.20. The molecule has 0 aliphatic heterocycles. The average Bonchev–Trinajstić information content (AvgIpc) is 2.83. The Morgan fingerprint density at radius 1 is 1.18 bits per heavy atom. The van der Waals surface area contributed by atoms with Crippen LogP contribution in [0.25, 0.3) is 5.69 Å². The van der Waals surface area contributed by atoms with Gasteiger partial charge in [0.05, 0.1) is 12.3 Å². The van der Waals surface area contributed by atoms with E-state index in [1.807, 2.05) is 47.3 Å². The standard InChI is InChI=1S/C13H13NO3/c1-2-16-13(15)17-12-8-4-3-7-11(12)14-9-5-6-10-14/h3-10H,2H2,1H3. The van der Waals surface area contributed by atoms with Crippen molar-refractivity contribution < 1.29 is 14.3 Å². The minimum Gasteiger partial charge on any atom is -0.434 e. The molecule has 1 heterocycles. The van der Waals surface area contributed by atoms with Crippen molar-refractivity contribution in [1.29, 1.82) is 0 Å². The van der Waals surface area contributed by atoms with Crippen LogP contribution in [0.1, 0.15) is 6.92 Å². The van der Waals surface area contributed by atoms with Crippen molar-refractivity contribution in [1.82, 2.24) is 4.57 Å². The number of rotatable bonds is 3. The Morgan fingerprint density at radius 3 is 2.59 bits per heavy atom. The van der Waals surface area contributed by atoms with Gasteiger partial charge in [0.1, 0.15) is 0 Å². The molecule has 2 aromatic rings. The van der Waals surface area contributed by atoms with Crippen LogP contribution in [0.3, 0.4) is 0 Å². The second-order valence-electron chi connectivity index (χ2n) is 3.34. The van der Waals surface area contributed by atoms with Crippen LogP contribution >= 0.6 is 0 Å². The quantitative estimate of drug-likeness (QED) is 0.602. The lowest BCUT2D eigenvalue weighted by atomic mass is 10.3. The van der Waals surface area contributed by atoms with Gasteiger partial charge < -0.3 is 14.0 Å². The van der Waals surface area contributed by atoms with Crippen LogP contribution < -0.4 is 4.74 Å². The van der Waals surface area contributed by atoms with Crippen LogP contribution in [0.4, 0.5) is 4.79 Å². The Labute approximate surface area is 99.4 Å². The van der Waals surface area contributed by atoms with Crippen molar-refractivity contribution in [2.24, 2.45) is 0 Å². The summed E-state index contributed by atoms with van der Waals surface area (Å²) < 4.78 is 11.7. The van der Waals surface area contributed by atoms with E-state index in [9.17, 15) is 4.79 Å². The summed E-state index contributed by atoms with van der Waals surface area (Å²) in [6.07, 6.45) is 3.08. The van der Waals surface area contributed by atoms with Crippen LogP contribution in [0.5, 0.6) is 5.75 Å². The first-order chi connectivity index (χ1) is 8.31. The fourth-order valence-electron chi connectivity index (χ4n) is 1.49. The molecule has 0 amide bonds. The summed E-state index contributed by atoms with van der Waals surface area (Å²) in [5.74, 6) is 0.474. The summed E-state index contributed by atoms with van der Waals surface area (Å²) in [5.41, 5.74) is 0.797. The highest BCUT2D eigenvalue weighted by Gasteiger charge is 2.09. The molecule has 0 saturated heterocycles. The van der Waals surface area contributed by atoms with Gasteiger partial charge in [-0.1, -0.05) is 12.1 Å². The van der Waals surface area contributed by atoms with Crippen LogP contribution in [0.2, 0.25) is 0 Å². The van der Waals surface area contributed by atoms with Crippen molar-refractivity contribution in [2.75, 3.05) is 6.61 Å². The molecule has 1 aromatic heterocycles. The lowest BCUT2D eigenvalue weighted by Crippen LogP contribution is -2.11. The van der Waals surface area contributed by atoms with Gasteiger partial charge in [0.15, 0.2) is 5.75 Å². The third kappa shape index (κ3) is 2.66. The summed E-state index contributed by atoms with van der Waals surface area (Å²) in [6.45, 7) is 2.03. The van der Waals surface area contributed by atoms with Gasteiger partial charge in [-0.25, -0.2) is 4.79 Å². The average molecular weight is 231 g/mol. The molecule has 0 N–H and O–H groups in total. The van der Waals surface area contributed by atoms with E-state index in [0.717, 1.165) is 5.69 Å². The van der Waals surface area contributed by atoms with Crippen LogP contribution in [-0.2, 0) is 4.74 Å². The van der Waals surface area contributed by atoms with Gasteiger partial charge in [0.2, 0.25) is 0 Å². The molecule has 4 nitrogen and oxygen atoms in total. The maximum absolute atomic E-state index is 11.3. The molecule has 0 aliphatic carbocycles. The van der Waals surface area contributed by atoms with Gasteiger partial charge in [-0.15, -0.1) is 0 Å². The zero-order chi connectivity index (χ0) is 12.1. The van der Waals surface area contributed by atoms with E-state index >= 15 is 0 Å². The fraction of sp³-hybridized carbons (Fsp3) is 0.154. The molecule has 0 fully saturated rings. The number of hydrogen-bond acceptors (Lipinski definition) is 3. The molecule has 0 radical (unpaired) electrons. The smallest absolute Gasteiger partial charge is 0.434 e. The van der Waals surface area contributed by atoms with Gasteiger partial charge in [0, 0.05) is 12.4 Å². The van der Waals surface area contributed by atoms with E-state index in [0.29, 0.717) is 12.4 Å².